The summed E-state index contributed by atoms with van der Waals surface area (Å²) in [6.07, 6.45) is 1.36. The van der Waals surface area contributed by atoms with Crippen LogP contribution < -0.4 is 19.5 Å². The van der Waals surface area contributed by atoms with Gasteiger partial charge in [-0.1, -0.05) is 41.4 Å². The molecule has 3 aromatic carbocycles. The molecule has 0 saturated heterocycles. The van der Waals surface area contributed by atoms with Crippen molar-refractivity contribution in [3.05, 3.63) is 92.7 Å². The highest BCUT2D eigenvalue weighted by Crippen LogP contribution is 2.35. The number of benzene rings is 3. The van der Waals surface area contributed by atoms with Gasteiger partial charge in [-0.15, -0.1) is 0 Å². The summed E-state index contributed by atoms with van der Waals surface area (Å²) in [6.45, 7) is 0.0668. The number of nitriles is 1. The number of halogens is 3. The van der Waals surface area contributed by atoms with Crippen molar-refractivity contribution in [2.45, 2.75) is 13.2 Å². The fraction of sp³-hybridized carbons (Fsp3) is 0.154. The molecule has 0 aromatic heterocycles. The number of carbonyl (C=O) groups excluding carboxylic acids is 1. The molecule has 3 rings (SSSR count). The van der Waals surface area contributed by atoms with Crippen LogP contribution in [0.4, 0.5) is 4.39 Å². The molecule has 0 aliphatic carbocycles. The summed E-state index contributed by atoms with van der Waals surface area (Å²) in [7, 11) is 3.05. The summed E-state index contributed by atoms with van der Waals surface area (Å²) in [6, 6.07) is 16.3. The summed E-state index contributed by atoms with van der Waals surface area (Å²) in [5.74, 6) is 0.332. The van der Waals surface area contributed by atoms with E-state index in [1.165, 1.54) is 31.4 Å². The molecule has 0 bridgehead atoms. The highest BCUT2D eigenvalue weighted by molar-refractivity contribution is 6.37. The number of nitrogens with one attached hydrogen (secondary N) is 1. The molecule has 0 heterocycles. The second kappa shape index (κ2) is 12.1. The Morgan fingerprint density at radius 2 is 1.77 bits per heavy atom. The number of nitrogens with zero attached hydrogens (tertiary/aromatic N) is 1. The van der Waals surface area contributed by atoms with Crippen molar-refractivity contribution >= 4 is 35.2 Å². The Hall–Kier alpha value is -3.73. The average Bonchev–Trinajstić information content (AvgIpc) is 2.86. The van der Waals surface area contributed by atoms with Crippen molar-refractivity contribution in [2.24, 2.45) is 0 Å². The van der Waals surface area contributed by atoms with Gasteiger partial charge in [0.15, 0.2) is 5.75 Å². The van der Waals surface area contributed by atoms with Crippen LogP contribution in [0, 0.1) is 17.1 Å². The molecule has 0 aliphatic rings. The van der Waals surface area contributed by atoms with Crippen LogP contribution in [0.3, 0.4) is 0 Å². The molecular formula is C26H21Cl2FN2O4. The van der Waals surface area contributed by atoms with Gasteiger partial charge in [0.05, 0.1) is 24.3 Å². The maximum Gasteiger partial charge on any atom is 0.262 e. The van der Waals surface area contributed by atoms with E-state index in [2.05, 4.69) is 5.32 Å². The molecule has 35 heavy (non-hydrogen) atoms. The first-order chi connectivity index (χ1) is 16.9. The van der Waals surface area contributed by atoms with Crippen LogP contribution in [0.15, 0.2) is 60.2 Å². The van der Waals surface area contributed by atoms with Crippen LogP contribution in [0.1, 0.15) is 16.7 Å². The van der Waals surface area contributed by atoms with Gasteiger partial charge in [-0.3, -0.25) is 4.79 Å². The zero-order chi connectivity index (χ0) is 25.4. The lowest BCUT2D eigenvalue weighted by Gasteiger charge is -2.12. The fourth-order valence-corrected chi connectivity index (χ4v) is 3.76. The first kappa shape index (κ1) is 25.9. The van der Waals surface area contributed by atoms with E-state index >= 15 is 0 Å². The molecule has 3 aromatic rings. The minimum atomic E-state index is -0.586. The van der Waals surface area contributed by atoms with Gasteiger partial charge in [-0.05, 0) is 42.0 Å². The third-order valence-corrected chi connectivity index (χ3v) is 5.52. The molecule has 1 N–H and O–H groups in total. The van der Waals surface area contributed by atoms with Gasteiger partial charge in [0.2, 0.25) is 0 Å². The molecule has 0 saturated carbocycles. The Morgan fingerprint density at radius 1 is 1.06 bits per heavy atom. The largest absolute Gasteiger partial charge is 0.497 e. The smallest absolute Gasteiger partial charge is 0.262 e. The molecule has 1 amide bonds. The van der Waals surface area contributed by atoms with Crippen molar-refractivity contribution in [1.82, 2.24) is 5.32 Å². The Morgan fingerprint density at radius 3 is 2.40 bits per heavy atom. The minimum absolute atomic E-state index is 0.0675. The number of hydrogen-bond donors (Lipinski definition) is 1. The maximum absolute atomic E-state index is 13.8. The molecule has 0 fully saturated rings. The second-order valence-electron chi connectivity index (χ2n) is 7.22. The fourth-order valence-electron chi connectivity index (χ4n) is 3.15. The molecule has 6 nitrogen and oxygen atoms in total. The van der Waals surface area contributed by atoms with Gasteiger partial charge in [0.25, 0.3) is 5.91 Å². The third-order valence-electron chi connectivity index (χ3n) is 4.96. The van der Waals surface area contributed by atoms with Crippen LogP contribution in [0.25, 0.3) is 6.08 Å². The van der Waals surface area contributed by atoms with Gasteiger partial charge in [0, 0.05) is 23.7 Å². The Bertz CT molecular complexity index is 1280. The van der Waals surface area contributed by atoms with Crippen molar-refractivity contribution in [3.8, 4) is 23.3 Å². The van der Waals surface area contributed by atoms with Crippen LogP contribution in [0.5, 0.6) is 17.2 Å². The number of rotatable bonds is 9. The third kappa shape index (κ3) is 6.66. The normalized spacial score (nSPS) is 10.9. The lowest BCUT2D eigenvalue weighted by Crippen LogP contribution is -2.24. The van der Waals surface area contributed by atoms with Gasteiger partial charge >= 0.3 is 0 Å². The van der Waals surface area contributed by atoms with Gasteiger partial charge in [-0.2, -0.15) is 5.26 Å². The monoisotopic (exact) mass is 514 g/mol. The molecule has 0 unspecified atom stereocenters. The predicted octanol–water partition coefficient (Wildman–Crippen LogP) is 5.95. The van der Waals surface area contributed by atoms with E-state index in [9.17, 15) is 14.4 Å². The van der Waals surface area contributed by atoms with E-state index in [0.717, 1.165) is 0 Å². The summed E-state index contributed by atoms with van der Waals surface area (Å²) >= 11 is 12.6. The number of amides is 1. The van der Waals surface area contributed by atoms with Crippen molar-refractivity contribution in [3.63, 3.8) is 0 Å². The molecule has 180 valence electrons. The van der Waals surface area contributed by atoms with E-state index in [0.29, 0.717) is 28.2 Å². The summed E-state index contributed by atoms with van der Waals surface area (Å²) < 4.78 is 29.9. The van der Waals surface area contributed by atoms with Crippen LogP contribution in [-0.4, -0.2) is 20.1 Å². The number of hydrogen-bond acceptors (Lipinski definition) is 5. The number of carbonyl (C=O) groups is 1. The SMILES string of the molecule is COc1ccc(CNC(=O)/C(C#N)=C/c2cc(Cl)c(OCc3ccccc3F)c(Cl)c2)c(OC)c1. The number of ether oxygens (including phenoxy) is 3. The highest BCUT2D eigenvalue weighted by atomic mass is 35.5. The van der Waals surface area contributed by atoms with E-state index < -0.39 is 11.7 Å². The van der Waals surface area contributed by atoms with E-state index in [1.807, 2.05) is 6.07 Å². The van der Waals surface area contributed by atoms with Crippen LogP contribution in [0.2, 0.25) is 10.0 Å². The lowest BCUT2D eigenvalue weighted by molar-refractivity contribution is -0.117. The van der Waals surface area contributed by atoms with Crippen molar-refractivity contribution in [1.29, 1.82) is 5.26 Å². The molecule has 0 atom stereocenters. The first-order valence-electron chi connectivity index (χ1n) is 10.3. The van der Waals surface area contributed by atoms with E-state index in [-0.39, 0.29) is 34.5 Å². The quantitative estimate of drug-likeness (QED) is 0.281. The maximum atomic E-state index is 13.8. The number of methoxy groups -OCH3 is 2. The van der Waals surface area contributed by atoms with E-state index in [1.54, 1.807) is 43.5 Å². The minimum Gasteiger partial charge on any atom is -0.497 e. The lowest BCUT2D eigenvalue weighted by atomic mass is 10.1. The predicted molar refractivity (Wildman–Crippen MR) is 132 cm³/mol. The second-order valence-corrected chi connectivity index (χ2v) is 8.04. The molecule has 0 radical (unpaired) electrons. The Kier molecular flexibility index (Phi) is 8.96. The van der Waals surface area contributed by atoms with Crippen molar-refractivity contribution < 1.29 is 23.4 Å². The zero-order valence-corrected chi connectivity index (χ0v) is 20.4. The van der Waals surface area contributed by atoms with Crippen LogP contribution in [-0.2, 0) is 17.9 Å². The average molecular weight is 515 g/mol. The summed E-state index contributed by atoms with van der Waals surface area (Å²) in [4.78, 5) is 12.6. The molecular weight excluding hydrogens is 494 g/mol. The van der Waals surface area contributed by atoms with Crippen LogP contribution >= 0.6 is 23.2 Å². The molecule has 0 spiro atoms. The first-order valence-corrected chi connectivity index (χ1v) is 11.1. The van der Waals surface area contributed by atoms with E-state index in [4.69, 9.17) is 37.4 Å². The van der Waals surface area contributed by atoms with Gasteiger partial charge < -0.3 is 19.5 Å². The zero-order valence-electron chi connectivity index (χ0n) is 18.9. The highest BCUT2D eigenvalue weighted by Gasteiger charge is 2.14. The van der Waals surface area contributed by atoms with Crippen molar-refractivity contribution in [2.75, 3.05) is 14.2 Å². The summed E-state index contributed by atoms with van der Waals surface area (Å²) in [5, 5.41) is 12.5. The topological polar surface area (TPSA) is 80.6 Å². The molecule has 9 heteroatoms. The standard InChI is InChI=1S/C26H21Cl2FN2O4/c1-33-20-8-7-17(24(12-20)34-2)14-31-26(32)19(13-30)9-16-10-21(27)25(22(28)11-16)35-15-18-5-3-4-6-23(18)29/h3-12H,14-15H2,1-2H3,(H,31,32)/b19-9+. The Balaban J connectivity index is 1.73. The van der Waals surface area contributed by atoms with Gasteiger partial charge in [0.1, 0.15) is 35.6 Å². The van der Waals surface area contributed by atoms with Gasteiger partial charge in [-0.25, -0.2) is 4.39 Å². The molecule has 0 aliphatic heterocycles. The summed E-state index contributed by atoms with van der Waals surface area (Å²) in [5.41, 5.74) is 1.33. The Labute approximate surface area is 212 Å².